The molecule has 238 valence electrons. The number of anilines is 6. The van der Waals surface area contributed by atoms with E-state index in [0.29, 0.717) is 41.7 Å². The lowest BCUT2D eigenvalue weighted by Crippen LogP contribution is -2.19. The first-order valence-electron chi connectivity index (χ1n) is 13.9. The molecule has 4 aromatic rings. The van der Waals surface area contributed by atoms with Crippen LogP contribution in [-0.4, -0.2) is 66.8 Å². The molecule has 0 spiro atoms. The number of aromatic nitrogens is 8. The molecule has 5 rings (SSSR count). The maximum Gasteiger partial charge on any atom is 0.421 e. The molecule has 17 heteroatoms. The van der Waals surface area contributed by atoms with E-state index in [4.69, 9.17) is 16.3 Å². The monoisotopic (exact) mass is 636 g/mol. The molecule has 5 heterocycles. The quantitative estimate of drug-likeness (QED) is 0.177. The van der Waals surface area contributed by atoms with Crippen LogP contribution in [0.15, 0.2) is 24.8 Å². The van der Waals surface area contributed by atoms with Crippen molar-refractivity contribution >= 4 is 46.5 Å². The second kappa shape index (κ2) is 14.1. The fourth-order valence-corrected chi connectivity index (χ4v) is 4.48. The van der Waals surface area contributed by atoms with Crippen molar-refractivity contribution in [3.05, 3.63) is 46.8 Å². The zero-order chi connectivity index (χ0) is 32.0. The topological polar surface area (TPSA) is 145 Å². The second-order valence-electron chi connectivity index (χ2n) is 10.2. The molecular formula is C27H36ClF3N12O. The van der Waals surface area contributed by atoms with Crippen LogP contribution in [0.2, 0.25) is 5.02 Å². The predicted octanol–water partition coefficient (Wildman–Crippen LogP) is 6.14. The number of hydrogen-bond donors (Lipinski definition) is 4. The van der Waals surface area contributed by atoms with Gasteiger partial charge in [0, 0.05) is 51.9 Å². The van der Waals surface area contributed by atoms with Gasteiger partial charge in [0.2, 0.25) is 11.9 Å². The van der Waals surface area contributed by atoms with Gasteiger partial charge in [-0.05, 0) is 40.5 Å². The number of aryl methyl sites for hydroxylation is 2. The number of halogens is 4. The molecule has 44 heavy (non-hydrogen) atoms. The van der Waals surface area contributed by atoms with Gasteiger partial charge < -0.3 is 26.0 Å². The zero-order valence-electron chi connectivity index (χ0n) is 25.3. The van der Waals surface area contributed by atoms with Crippen molar-refractivity contribution < 1.29 is 17.9 Å². The minimum atomic E-state index is -4.51. The standard InChI is InChI=1S/C15H19F3N6O.C12H17ClN6/c1-9-12(8-24(23-9)10-3-5-25-6-4-10)21-14-20-7-11(15(16,17)18)13(19-2)22-14;1-7(2)19-6-10(8(3)18-19)16-12-15-5-9(13)11(14-4)17-12/h7-8,10H,3-6H2,1-2H3,(H2,19,20,21,22);5-7H,1-4H3,(H2,14,15,16,17). The van der Waals surface area contributed by atoms with Crippen LogP contribution in [-0.2, 0) is 10.9 Å². The molecule has 0 aliphatic carbocycles. The summed E-state index contributed by atoms with van der Waals surface area (Å²) in [5.41, 5.74) is 2.26. The van der Waals surface area contributed by atoms with Crippen LogP contribution in [0.25, 0.3) is 0 Å². The van der Waals surface area contributed by atoms with Crippen molar-refractivity contribution in [1.82, 2.24) is 39.5 Å². The third kappa shape index (κ3) is 8.05. The summed E-state index contributed by atoms with van der Waals surface area (Å²) in [5, 5.41) is 20.8. The Morgan fingerprint density at radius 2 is 1.45 bits per heavy atom. The van der Waals surface area contributed by atoms with Crippen LogP contribution in [0, 0.1) is 13.8 Å². The Hall–Kier alpha value is -4.18. The van der Waals surface area contributed by atoms with Crippen LogP contribution in [0.3, 0.4) is 0 Å². The van der Waals surface area contributed by atoms with Gasteiger partial charge in [0.05, 0.1) is 35.0 Å². The lowest BCUT2D eigenvalue weighted by molar-refractivity contribution is -0.137. The van der Waals surface area contributed by atoms with E-state index < -0.39 is 11.7 Å². The molecule has 0 unspecified atom stereocenters. The minimum absolute atomic E-state index is 0.0759. The molecule has 1 saturated heterocycles. The Morgan fingerprint density at radius 1 is 0.886 bits per heavy atom. The van der Waals surface area contributed by atoms with Crippen LogP contribution >= 0.6 is 11.6 Å². The lowest BCUT2D eigenvalue weighted by atomic mass is 10.1. The van der Waals surface area contributed by atoms with Crippen LogP contribution in [0.1, 0.15) is 55.7 Å². The van der Waals surface area contributed by atoms with E-state index in [1.165, 1.54) is 7.05 Å². The van der Waals surface area contributed by atoms with Gasteiger partial charge in [0.1, 0.15) is 22.2 Å². The Kier molecular flexibility index (Phi) is 10.5. The molecule has 0 saturated carbocycles. The summed E-state index contributed by atoms with van der Waals surface area (Å²) in [4.78, 5) is 16.1. The maximum absolute atomic E-state index is 12.9. The highest BCUT2D eigenvalue weighted by molar-refractivity contribution is 6.32. The summed E-state index contributed by atoms with van der Waals surface area (Å²) in [5.74, 6) is 0.875. The van der Waals surface area contributed by atoms with Gasteiger partial charge in [0.25, 0.3) is 0 Å². The summed E-state index contributed by atoms with van der Waals surface area (Å²) in [6.07, 6.45) is 3.33. The predicted molar refractivity (Wildman–Crippen MR) is 163 cm³/mol. The average molecular weight is 637 g/mol. The third-order valence-corrected chi connectivity index (χ3v) is 7.01. The molecule has 1 aliphatic rings. The van der Waals surface area contributed by atoms with Crippen molar-refractivity contribution in [3.8, 4) is 0 Å². The van der Waals surface area contributed by atoms with E-state index in [2.05, 4.69) is 65.2 Å². The Morgan fingerprint density at radius 3 is 2.02 bits per heavy atom. The largest absolute Gasteiger partial charge is 0.421 e. The highest BCUT2D eigenvalue weighted by atomic mass is 35.5. The van der Waals surface area contributed by atoms with Crippen molar-refractivity contribution in [2.45, 2.75) is 58.8 Å². The summed E-state index contributed by atoms with van der Waals surface area (Å²) in [6, 6.07) is 0.567. The zero-order valence-corrected chi connectivity index (χ0v) is 26.0. The van der Waals surface area contributed by atoms with Crippen LogP contribution in [0.5, 0.6) is 0 Å². The highest BCUT2D eigenvalue weighted by Crippen LogP contribution is 2.34. The van der Waals surface area contributed by atoms with Gasteiger partial charge in [-0.25, -0.2) is 9.97 Å². The van der Waals surface area contributed by atoms with E-state index in [1.807, 2.05) is 35.6 Å². The molecule has 13 nitrogen and oxygen atoms in total. The summed E-state index contributed by atoms with van der Waals surface area (Å²) in [6.45, 7) is 9.30. The molecule has 0 aromatic carbocycles. The summed E-state index contributed by atoms with van der Waals surface area (Å²) >= 11 is 5.94. The fourth-order valence-electron chi connectivity index (χ4n) is 4.29. The molecule has 4 aromatic heterocycles. The molecule has 0 radical (unpaired) electrons. The average Bonchev–Trinajstić information content (AvgIpc) is 3.55. The molecule has 1 aliphatic heterocycles. The molecular weight excluding hydrogens is 601 g/mol. The van der Waals surface area contributed by atoms with E-state index in [1.54, 1.807) is 13.2 Å². The number of alkyl halides is 3. The maximum atomic E-state index is 12.9. The van der Waals surface area contributed by atoms with Crippen molar-refractivity contribution in [2.75, 3.05) is 48.6 Å². The van der Waals surface area contributed by atoms with Gasteiger partial charge in [-0.15, -0.1) is 0 Å². The second-order valence-corrected chi connectivity index (χ2v) is 10.7. The van der Waals surface area contributed by atoms with E-state index in [-0.39, 0.29) is 17.8 Å². The number of nitrogens with zero attached hydrogens (tertiary/aromatic N) is 8. The minimum Gasteiger partial charge on any atom is -0.381 e. The lowest BCUT2D eigenvalue weighted by Gasteiger charge is -2.22. The SMILES string of the molecule is CNc1nc(Nc2cn(C(C)C)nc2C)ncc1Cl.CNc1nc(Nc2cn(C3CCOCC3)nc2C)ncc1C(F)(F)F. The molecule has 4 N–H and O–H groups in total. The number of hydrogen-bond acceptors (Lipinski definition) is 11. The number of rotatable bonds is 8. The van der Waals surface area contributed by atoms with E-state index >= 15 is 0 Å². The molecule has 0 amide bonds. The first kappa shape index (κ1) is 32.7. The smallest absolute Gasteiger partial charge is 0.381 e. The van der Waals surface area contributed by atoms with Crippen molar-refractivity contribution in [2.24, 2.45) is 0 Å². The summed E-state index contributed by atoms with van der Waals surface area (Å²) in [7, 11) is 3.15. The third-order valence-electron chi connectivity index (χ3n) is 6.73. The van der Waals surface area contributed by atoms with Gasteiger partial charge in [-0.1, -0.05) is 11.6 Å². The van der Waals surface area contributed by atoms with Crippen LogP contribution < -0.4 is 21.3 Å². The summed E-state index contributed by atoms with van der Waals surface area (Å²) < 4.78 is 47.8. The normalized spacial score (nSPS) is 13.8. The Balaban J connectivity index is 0.000000209. The van der Waals surface area contributed by atoms with Gasteiger partial charge >= 0.3 is 6.18 Å². The highest BCUT2D eigenvalue weighted by Gasteiger charge is 2.35. The Labute approximate surface area is 258 Å². The molecule has 0 bridgehead atoms. The van der Waals surface area contributed by atoms with Gasteiger partial charge in [-0.2, -0.15) is 33.3 Å². The Bertz CT molecular complexity index is 1550. The number of nitrogens with one attached hydrogen (secondary N) is 4. The van der Waals surface area contributed by atoms with Crippen LogP contribution in [0.4, 0.5) is 48.1 Å². The van der Waals surface area contributed by atoms with E-state index in [9.17, 15) is 13.2 Å². The first-order valence-corrected chi connectivity index (χ1v) is 14.3. The molecule has 1 fully saturated rings. The first-order chi connectivity index (χ1) is 20.9. The van der Waals surface area contributed by atoms with E-state index in [0.717, 1.165) is 36.1 Å². The van der Waals surface area contributed by atoms with Crippen molar-refractivity contribution in [1.29, 1.82) is 0 Å². The van der Waals surface area contributed by atoms with Gasteiger partial charge in [0.15, 0.2) is 0 Å². The van der Waals surface area contributed by atoms with Gasteiger partial charge in [-0.3, -0.25) is 9.36 Å². The number of ether oxygens (including phenoxy) is 1. The molecule has 0 atom stereocenters. The fraction of sp³-hybridized carbons (Fsp3) is 0.481. The van der Waals surface area contributed by atoms with Crippen molar-refractivity contribution in [3.63, 3.8) is 0 Å².